The third kappa shape index (κ3) is 4.22. The maximum absolute atomic E-state index is 13.2. The zero-order chi connectivity index (χ0) is 17.9. The summed E-state index contributed by atoms with van der Waals surface area (Å²) in [5, 5.41) is 9.36. The van der Waals surface area contributed by atoms with Crippen LogP contribution in [0.5, 0.6) is 0 Å². The zero-order valence-corrected chi connectivity index (χ0v) is 15.4. The standard InChI is InChI=1S/C20H30N2O3/c1-16-15-25-18(14-23)13-22(16)19(24)20(2)8-10-21(11-9-20)12-17-6-4-3-5-7-17/h3-7,16,18,23H,8-15H2,1-2H3/t16-,18+/m0/s1. The topological polar surface area (TPSA) is 53.0 Å². The van der Waals surface area contributed by atoms with Crippen molar-refractivity contribution in [1.82, 2.24) is 9.80 Å². The Balaban J connectivity index is 1.58. The summed E-state index contributed by atoms with van der Waals surface area (Å²) in [7, 11) is 0. The molecule has 0 aromatic heterocycles. The van der Waals surface area contributed by atoms with Gasteiger partial charge in [0.05, 0.1) is 25.4 Å². The van der Waals surface area contributed by atoms with Crippen LogP contribution in [0.3, 0.4) is 0 Å². The van der Waals surface area contributed by atoms with Crippen LogP contribution in [0.2, 0.25) is 0 Å². The molecule has 2 heterocycles. The number of aliphatic hydroxyl groups is 1. The van der Waals surface area contributed by atoms with Crippen molar-refractivity contribution in [2.24, 2.45) is 5.41 Å². The number of aliphatic hydroxyl groups excluding tert-OH is 1. The van der Waals surface area contributed by atoms with E-state index < -0.39 is 0 Å². The van der Waals surface area contributed by atoms with Gasteiger partial charge in [-0.1, -0.05) is 37.3 Å². The fraction of sp³-hybridized carbons (Fsp3) is 0.650. The fourth-order valence-electron chi connectivity index (χ4n) is 3.82. The second-order valence-electron chi connectivity index (χ2n) is 7.77. The number of likely N-dealkylation sites (tertiary alicyclic amines) is 1. The SMILES string of the molecule is C[C@H]1CO[C@@H](CO)CN1C(=O)C1(C)CCN(Cc2ccccc2)CC1. The minimum atomic E-state index is -0.307. The lowest BCUT2D eigenvalue weighted by Gasteiger charge is -2.45. The maximum Gasteiger partial charge on any atom is 0.229 e. The number of carbonyl (C=O) groups is 1. The van der Waals surface area contributed by atoms with Gasteiger partial charge in [0.25, 0.3) is 0 Å². The van der Waals surface area contributed by atoms with E-state index in [9.17, 15) is 9.90 Å². The lowest BCUT2D eigenvalue weighted by molar-refractivity contribution is -0.158. The molecular weight excluding hydrogens is 316 g/mol. The molecule has 1 N–H and O–H groups in total. The zero-order valence-electron chi connectivity index (χ0n) is 15.4. The van der Waals surface area contributed by atoms with Crippen LogP contribution in [0.4, 0.5) is 0 Å². The Morgan fingerprint density at radius 3 is 2.60 bits per heavy atom. The van der Waals surface area contributed by atoms with Crippen LogP contribution in [0, 0.1) is 5.41 Å². The highest BCUT2D eigenvalue weighted by atomic mass is 16.5. The molecule has 2 aliphatic heterocycles. The first-order chi connectivity index (χ1) is 12.0. The number of piperidine rings is 1. The first-order valence-electron chi connectivity index (χ1n) is 9.31. The van der Waals surface area contributed by atoms with Gasteiger partial charge in [-0.2, -0.15) is 0 Å². The maximum atomic E-state index is 13.2. The normalized spacial score (nSPS) is 27.2. The molecule has 138 valence electrons. The second kappa shape index (κ2) is 7.85. The number of benzene rings is 1. The molecule has 3 rings (SSSR count). The van der Waals surface area contributed by atoms with Gasteiger partial charge < -0.3 is 14.7 Å². The minimum Gasteiger partial charge on any atom is -0.394 e. The largest absolute Gasteiger partial charge is 0.394 e. The molecule has 2 fully saturated rings. The number of amides is 1. The van der Waals surface area contributed by atoms with Gasteiger partial charge >= 0.3 is 0 Å². The highest BCUT2D eigenvalue weighted by Gasteiger charge is 2.42. The minimum absolute atomic E-state index is 0.0297. The summed E-state index contributed by atoms with van der Waals surface area (Å²) < 4.78 is 5.57. The van der Waals surface area contributed by atoms with Crippen LogP contribution in [0.1, 0.15) is 32.3 Å². The third-order valence-electron chi connectivity index (χ3n) is 5.69. The molecule has 0 saturated carbocycles. The number of hydrogen-bond acceptors (Lipinski definition) is 4. The molecule has 25 heavy (non-hydrogen) atoms. The predicted octanol–water partition coefficient (Wildman–Crippen LogP) is 1.90. The molecule has 5 heteroatoms. The average Bonchev–Trinajstić information content (AvgIpc) is 2.64. The summed E-state index contributed by atoms with van der Waals surface area (Å²) in [4.78, 5) is 17.5. The van der Waals surface area contributed by atoms with Crippen molar-refractivity contribution >= 4 is 5.91 Å². The van der Waals surface area contributed by atoms with Crippen molar-refractivity contribution in [1.29, 1.82) is 0 Å². The highest BCUT2D eigenvalue weighted by molar-refractivity contribution is 5.83. The molecule has 0 bridgehead atoms. The smallest absolute Gasteiger partial charge is 0.229 e. The summed E-state index contributed by atoms with van der Waals surface area (Å²) in [6.45, 7) is 7.94. The molecule has 2 aliphatic rings. The molecule has 0 unspecified atom stereocenters. The van der Waals surface area contributed by atoms with Gasteiger partial charge in [-0.25, -0.2) is 0 Å². The quantitative estimate of drug-likeness (QED) is 0.905. The fourth-order valence-corrected chi connectivity index (χ4v) is 3.82. The van der Waals surface area contributed by atoms with Crippen LogP contribution >= 0.6 is 0 Å². The summed E-state index contributed by atoms with van der Waals surface area (Å²) in [5.41, 5.74) is 1.02. The van der Waals surface area contributed by atoms with Gasteiger partial charge in [0.15, 0.2) is 0 Å². The lowest BCUT2D eigenvalue weighted by atomic mass is 9.78. The molecule has 1 aromatic carbocycles. The highest BCUT2D eigenvalue weighted by Crippen LogP contribution is 2.35. The van der Waals surface area contributed by atoms with E-state index >= 15 is 0 Å². The molecule has 2 atom stereocenters. The Hall–Kier alpha value is -1.43. The summed E-state index contributed by atoms with van der Waals surface area (Å²) in [6.07, 6.45) is 1.51. The van der Waals surface area contributed by atoms with Crippen molar-refractivity contribution in [2.45, 2.75) is 45.4 Å². The van der Waals surface area contributed by atoms with E-state index in [4.69, 9.17) is 4.74 Å². The van der Waals surface area contributed by atoms with E-state index in [1.807, 2.05) is 17.9 Å². The Bertz CT molecular complexity index is 570. The van der Waals surface area contributed by atoms with Crippen LogP contribution in [-0.4, -0.2) is 65.8 Å². The number of morpholine rings is 1. The molecular formula is C20H30N2O3. The van der Waals surface area contributed by atoms with E-state index in [0.29, 0.717) is 13.2 Å². The van der Waals surface area contributed by atoms with Gasteiger partial charge in [0.2, 0.25) is 5.91 Å². The molecule has 0 radical (unpaired) electrons. The average molecular weight is 346 g/mol. The summed E-state index contributed by atoms with van der Waals surface area (Å²) in [5.74, 6) is 0.223. The van der Waals surface area contributed by atoms with E-state index in [0.717, 1.165) is 32.5 Å². The Labute approximate surface area is 150 Å². The molecule has 5 nitrogen and oxygen atoms in total. The summed E-state index contributed by atoms with van der Waals surface area (Å²) in [6, 6.07) is 10.6. The van der Waals surface area contributed by atoms with Crippen molar-refractivity contribution in [3.63, 3.8) is 0 Å². The molecule has 0 spiro atoms. The summed E-state index contributed by atoms with van der Waals surface area (Å²) >= 11 is 0. The molecule has 1 aromatic rings. The Morgan fingerprint density at radius 1 is 1.28 bits per heavy atom. The second-order valence-corrected chi connectivity index (χ2v) is 7.77. The number of carbonyl (C=O) groups excluding carboxylic acids is 1. The molecule has 1 amide bonds. The van der Waals surface area contributed by atoms with Crippen LogP contribution in [0.15, 0.2) is 30.3 Å². The first kappa shape index (κ1) is 18.4. The van der Waals surface area contributed by atoms with E-state index in [-0.39, 0.29) is 30.1 Å². The van der Waals surface area contributed by atoms with Gasteiger partial charge in [-0.15, -0.1) is 0 Å². The van der Waals surface area contributed by atoms with E-state index in [1.165, 1.54) is 5.56 Å². The van der Waals surface area contributed by atoms with Crippen LogP contribution in [-0.2, 0) is 16.1 Å². The Morgan fingerprint density at radius 2 is 1.96 bits per heavy atom. The molecule has 2 saturated heterocycles. The van der Waals surface area contributed by atoms with E-state index in [1.54, 1.807) is 0 Å². The first-order valence-corrected chi connectivity index (χ1v) is 9.31. The van der Waals surface area contributed by atoms with Crippen LogP contribution in [0.25, 0.3) is 0 Å². The Kier molecular flexibility index (Phi) is 5.77. The number of hydrogen-bond donors (Lipinski definition) is 1. The number of rotatable bonds is 4. The van der Waals surface area contributed by atoms with Crippen molar-refractivity contribution in [3.8, 4) is 0 Å². The van der Waals surface area contributed by atoms with Crippen molar-refractivity contribution < 1.29 is 14.6 Å². The van der Waals surface area contributed by atoms with Gasteiger partial charge in [-0.05, 0) is 38.4 Å². The van der Waals surface area contributed by atoms with E-state index in [2.05, 4.69) is 36.1 Å². The monoisotopic (exact) mass is 346 g/mol. The predicted molar refractivity (Wildman–Crippen MR) is 97.1 cm³/mol. The molecule has 0 aliphatic carbocycles. The van der Waals surface area contributed by atoms with Crippen molar-refractivity contribution in [2.75, 3.05) is 32.8 Å². The van der Waals surface area contributed by atoms with Gasteiger partial charge in [0.1, 0.15) is 0 Å². The number of ether oxygens (including phenoxy) is 1. The van der Waals surface area contributed by atoms with Crippen molar-refractivity contribution in [3.05, 3.63) is 35.9 Å². The number of nitrogens with zero attached hydrogens (tertiary/aromatic N) is 2. The van der Waals surface area contributed by atoms with Crippen LogP contribution < -0.4 is 0 Å². The third-order valence-corrected chi connectivity index (χ3v) is 5.69. The lowest BCUT2D eigenvalue weighted by Crippen LogP contribution is -2.57. The van der Waals surface area contributed by atoms with Gasteiger partial charge in [0, 0.05) is 18.5 Å². The van der Waals surface area contributed by atoms with Gasteiger partial charge in [-0.3, -0.25) is 9.69 Å².